The molecule has 0 aliphatic heterocycles. The number of halogens is 1. The predicted molar refractivity (Wildman–Crippen MR) is 104 cm³/mol. The second-order valence-corrected chi connectivity index (χ2v) is 6.77. The molecule has 3 nitrogen and oxygen atoms in total. The van der Waals surface area contributed by atoms with Gasteiger partial charge in [-0.3, -0.25) is 4.99 Å². The minimum Gasteiger partial charge on any atom is -0.357 e. The average molecular weight is 421 g/mol. The standard InChI is InChI=1S/C16H27N3S.HI/c1-3-17-16(19-14-7-4-5-8-14)18-12-13(2)11-15-9-6-10-20-15;/h6,9-10,13-14H,3-5,7-8,11-12H2,1-2H3,(H2,17,18,19);1H. The van der Waals surface area contributed by atoms with Crippen molar-refractivity contribution in [3.05, 3.63) is 22.4 Å². The molecule has 1 fully saturated rings. The molecular formula is C16H28IN3S. The molecule has 2 rings (SSSR count). The third-order valence-corrected chi connectivity index (χ3v) is 4.63. The average Bonchev–Trinajstić information content (AvgIpc) is 3.09. The van der Waals surface area contributed by atoms with E-state index in [2.05, 4.69) is 42.0 Å². The lowest BCUT2D eigenvalue weighted by Gasteiger charge is -2.17. The van der Waals surface area contributed by atoms with E-state index in [0.29, 0.717) is 12.0 Å². The lowest BCUT2D eigenvalue weighted by molar-refractivity contribution is 0.581. The fourth-order valence-electron chi connectivity index (χ4n) is 2.67. The Labute approximate surface area is 150 Å². The van der Waals surface area contributed by atoms with Gasteiger partial charge < -0.3 is 10.6 Å². The molecule has 1 aromatic rings. The predicted octanol–water partition coefficient (Wildman–Crippen LogP) is 4.04. The van der Waals surface area contributed by atoms with Crippen LogP contribution < -0.4 is 10.6 Å². The maximum absolute atomic E-state index is 4.76. The van der Waals surface area contributed by atoms with E-state index in [1.54, 1.807) is 0 Å². The van der Waals surface area contributed by atoms with Gasteiger partial charge in [-0.2, -0.15) is 0 Å². The van der Waals surface area contributed by atoms with Crippen molar-refractivity contribution >= 4 is 41.3 Å². The third kappa shape index (κ3) is 7.00. The molecule has 0 radical (unpaired) electrons. The summed E-state index contributed by atoms with van der Waals surface area (Å²) in [6.45, 7) is 6.22. The zero-order valence-corrected chi connectivity index (χ0v) is 16.2. The van der Waals surface area contributed by atoms with Gasteiger partial charge in [0.15, 0.2) is 5.96 Å². The Morgan fingerprint density at radius 1 is 1.43 bits per heavy atom. The molecular weight excluding hydrogens is 393 g/mol. The maximum Gasteiger partial charge on any atom is 0.191 e. The first kappa shape index (κ1) is 18.7. The second kappa shape index (κ2) is 10.4. The van der Waals surface area contributed by atoms with Crippen molar-refractivity contribution in [1.82, 2.24) is 10.6 Å². The van der Waals surface area contributed by atoms with E-state index in [0.717, 1.165) is 25.5 Å². The van der Waals surface area contributed by atoms with Gasteiger partial charge in [-0.15, -0.1) is 35.3 Å². The highest BCUT2D eigenvalue weighted by molar-refractivity contribution is 14.0. The van der Waals surface area contributed by atoms with Gasteiger partial charge in [0.05, 0.1) is 0 Å². The van der Waals surface area contributed by atoms with Gasteiger partial charge in [-0.05, 0) is 43.6 Å². The van der Waals surface area contributed by atoms with Crippen LogP contribution in [0.3, 0.4) is 0 Å². The molecule has 0 bridgehead atoms. The van der Waals surface area contributed by atoms with E-state index in [1.165, 1.54) is 30.6 Å². The topological polar surface area (TPSA) is 36.4 Å². The number of guanidine groups is 1. The van der Waals surface area contributed by atoms with Crippen molar-refractivity contribution in [3.8, 4) is 0 Å². The largest absolute Gasteiger partial charge is 0.357 e. The SMILES string of the molecule is CCNC(=NCC(C)Cc1cccs1)NC1CCCC1.I. The Bertz CT molecular complexity index is 400. The van der Waals surface area contributed by atoms with E-state index in [1.807, 2.05) is 11.3 Å². The highest BCUT2D eigenvalue weighted by atomic mass is 127. The van der Waals surface area contributed by atoms with Gasteiger partial charge in [0.2, 0.25) is 0 Å². The van der Waals surface area contributed by atoms with E-state index >= 15 is 0 Å². The molecule has 5 heteroatoms. The molecule has 0 saturated heterocycles. The highest BCUT2D eigenvalue weighted by Crippen LogP contribution is 2.17. The summed E-state index contributed by atoms with van der Waals surface area (Å²) >= 11 is 1.84. The van der Waals surface area contributed by atoms with Crippen LogP contribution in [0, 0.1) is 5.92 Å². The van der Waals surface area contributed by atoms with Crippen LogP contribution >= 0.6 is 35.3 Å². The monoisotopic (exact) mass is 421 g/mol. The van der Waals surface area contributed by atoms with Gasteiger partial charge in [0.1, 0.15) is 0 Å². The first-order valence-corrected chi connectivity index (χ1v) is 8.73. The Kier molecular flexibility index (Phi) is 9.31. The van der Waals surface area contributed by atoms with Gasteiger partial charge in [-0.1, -0.05) is 25.8 Å². The molecule has 2 N–H and O–H groups in total. The Morgan fingerprint density at radius 2 is 2.19 bits per heavy atom. The van der Waals surface area contributed by atoms with E-state index < -0.39 is 0 Å². The zero-order chi connectivity index (χ0) is 14.2. The van der Waals surface area contributed by atoms with Crippen molar-refractivity contribution in [3.63, 3.8) is 0 Å². The van der Waals surface area contributed by atoms with Crippen LogP contribution in [-0.2, 0) is 6.42 Å². The Hall–Kier alpha value is -0.300. The van der Waals surface area contributed by atoms with Gasteiger partial charge in [0, 0.05) is 24.0 Å². The minimum atomic E-state index is 0. The molecule has 0 spiro atoms. The molecule has 1 aliphatic carbocycles. The van der Waals surface area contributed by atoms with Gasteiger partial charge in [-0.25, -0.2) is 0 Å². The maximum atomic E-state index is 4.76. The van der Waals surface area contributed by atoms with Crippen LogP contribution in [0.1, 0.15) is 44.4 Å². The molecule has 1 unspecified atom stereocenters. The summed E-state index contributed by atoms with van der Waals surface area (Å²) < 4.78 is 0. The molecule has 0 amide bonds. The zero-order valence-electron chi connectivity index (χ0n) is 13.1. The van der Waals surface area contributed by atoms with Crippen LogP contribution in [0.2, 0.25) is 0 Å². The van der Waals surface area contributed by atoms with Gasteiger partial charge in [0.25, 0.3) is 0 Å². The Morgan fingerprint density at radius 3 is 2.81 bits per heavy atom. The fraction of sp³-hybridized carbons (Fsp3) is 0.688. The van der Waals surface area contributed by atoms with Crippen LogP contribution in [0.4, 0.5) is 0 Å². The normalized spacial score (nSPS) is 17.3. The fourth-order valence-corrected chi connectivity index (χ4v) is 3.54. The Balaban J connectivity index is 0.00000220. The summed E-state index contributed by atoms with van der Waals surface area (Å²) in [5.74, 6) is 1.59. The smallest absolute Gasteiger partial charge is 0.191 e. The lowest BCUT2D eigenvalue weighted by Crippen LogP contribution is -2.42. The molecule has 120 valence electrons. The molecule has 1 saturated carbocycles. The molecule has 21 heavy (non-hydrogen) atoms. The van der Waals surface area contributed by atoms with Crippen LogP contribution in [0.15, 0.2) is 22.5 Å². The number of thiophene rings is 1. The highest BCUT2D eigenvalue weighted by Gasteiger charge is 2.16. The third-order valence-electron chi connectivity index (χ3n) is 3.73. The summed E-state index contributed by atoms with van der Waals surface area (Å²) in [7, 11) is 0. The van der Waals surface area contributed by atoms with Crippen molar-refractivity contribution in [1.29, 1.82) is 0 Å². The van der Waals surface area contributed by atoms with Crippen molar-refractivity contribution < 1.29 is 0 Å². The lowest BCUT2D eigenvalue weighted by atomic mass is 10.1. The number of nitrogens with one attached hydrogen (secondary N) is 2. The summed E-state index contributed by atoms with van der Waals surface area (Å²) in [6, 6.07) is 4.97. The number of hydrogen-bond acceptors (Lipinski definition) is 2. The number of aliphatic imine (C=N–C) groups is 1. The first-order valence-electron chi connectivity index (χ1n) is 7.85. The van der Waals surface area contributed by atoms with Crippen molar-refractivity contribution in [2.24, 2.45) is 10.9 Å². The summed E-state index contributed by atoms with van der Waals surface area (Å²) in [5, 5.41) is 9.09. The van der Waals surface area contributed by atoms with E-state index in [9.17, 15) is 0 Å². The first-order chi connectivity index (χ1) is 9.78. The van der Waals surface area contributed by atoms with Gasteiger partial charge >= 0.3 is 0 Å². The molecule has 1 atom stereocenters. The van der Waals surface area contributed by atoms with Crippen LogP contribution in [0.5, 0.6) is 0 Å². The minimum absolute atomic E-state index is 0. The molecule has 0 aromatic carbocycles. The van der Waals surface area contributed by atoms with Crippen molar-refractivity contribution in [2.75, 3.05) is 13.1 Å². The van der Waals surface area contributed by atoms with Crippen LogP contribution in [0.25, 0.3) is 0 Å². The summed E-state index contributed by atoms with van der Waals surface area (Å²) in [5.41, 5.74) is 0. The molecule has 1 aromatic heterocycles. The quantitative estimate of drug-likeness (QED) is 0.413. The van der Waals surface area contributed by atoms with Crippen molar-refractivity contribution in [2.45, 2.75) is 52.0 Å². The molecule has 1 aliphatic rings. The molecule has 1 heterocycles. The number of rotatable bonds is 6. The summed E-state index contributed by atoms with van der Waals surface area (Å²) in [6.07, 6.45) is 6.41. The van der Waals surface area contributed by atoms with E-state index in [4.69, 9.17) is 4.99 Å². The van der Waals surface area contributed by atoms with E-state index in [-0.39, 0.29) is 24.0 Å². The summed E-state index contributed by atoms with van der Waals surface area (Å²) in [4.78, 5) is 6.22. The number of hydrogen-bond donors (Lipinski definition) is 2. The number of nitrogens with zero attached hydrogens (tertiary/aromatic N) is 1. The second-order valence-electron chi connectivity index (χ2n) is 5.73. The van der Waals surface area contributed by atoms with Crippen LogP contribution in [-0.4, -0.2) is 25.1 Å².